The molecule has 98 valence electrons. The van der Waals surface area contributed by atoms with Crippen molar-refractivity contribution in [1.82, 2.24) is 0 Å². The molecule has 1 aliphatic rings. The predicted octanol–water partition coefficient (Wildman–Crippen LogP) is 2.25. The Labute approximate surface area is 103 Å². The third kappa shape index (κ3) is 4.86. The van der Waals surface area contributed by atoms with Crippen molar-refractivity contribution in [3.05, 3.63) is 0 Å². The molecule has 1 saturated carbocycles. The average molecular weight is 242 g/mol. The van der Waals surface area contributed by atoms with Crippen LogP contribution in [-0.2, 0) is 19.1 Å². The largest absolute Gasteiger partial charge is 0.466 e. The van der Waals surface area contributed by atoms with E-state index in [4.69, 9.17) is 9.47 Å². The number of carbonyl (C=O) groups is 2. The van der Waals surface area contributed by atoms with Crippen LogP contribution in [0.15, 0.2) is 0 Å². The maximum Gasteiger partial charge on any atom is 0.302 e. The molecule has 1 aliphatic carbocycles. The molecule has 0 N–H and O–H groups in total. The standard InChI is InChI=1S/C13H22O4/c1-11(14)17-9-5-8-13(16-2)7-4-3-6-12(15)10-13/h3-10H2,1-2H3/t13-/m1/s1. The van der Waals surface area contributed by atoms with Gasteiger partial charge in [0.25, 0.3) is 0 Å². The van der Waals surface area contributed by atoms with Gasteiger partial charge in [-0.25, -0.2) is 0 Å². The van der Waals surface area contributed by atoms with Crippen LogP contribution in [0.3, 0.4) is 0 Å². The summed E-state index contributed by atoms with van der Waals surface area (Å²) in [7, 11) is 1.67. The number of methoxy groups -OCH3 is 1. The van der Waals surface area contributed by atoms with Crippen LogP contribution in [0.1, 0.15) is 51.9 Å². The first-order valence-corrected chi connectivity index (χ1v) is 6.28. The van der Waals surface area contributed by atoms with Gasteiger partial charge in [-0.2, -0.15) is 0 Å². The van der Waals surface area contributed by atoms with Crippen molar-refractivity contribution in [3.63, 3.8) is 0 Å². The van der Waals surface area contributed by atoms with Crippen molar-refractivity contribution in [2.45, 2.75) is 57.5 Å². The topological polar surface area (TPSA) is 52.6 Å². The second kappa shape index (κ2) is 6.74. The Morgan fingerprint density at radius 3 is 2.82 bits per heavy atom. The van der Waals surface area contributed by atoms with E-state index in [9.17, 15) is 9.59 Å². The summed E-state index contributed by atoms with van der Waals surface area (Å²) in [6.07, 6.45) is 5.64. The van der Waals surface area contributed by atoms with Gasteiger partial charge in [0.15, 0.2) is 0 Å². The van der Waals surface area contributed by atoms with E-state index < -0.39 is 0 Å². The Balaban J connectivity index is 2.43. The minimum Gasteiger partial charge on any atom is -0.466 e. The lowest BCUT2D eigenvalue weighted by atomic mass is 9.89. The van der Waals surface area contributed by atoms with Crippen LogP contribution < -0.4 is 0 Å². The van der Waals surface area contributed by atoms with Crippen molar-refractivity contribution in [1.29, 1.82) is 0 Å². The van der Waals surface area contributed by atoms with Crippen LogP contribution in [0.5, 0.6) is 0 Å². The van der Waals surface area contributed by atoms with Gasteiger partial charge in [-0.15, -0.1) is 0 Å². The van der Waals surface area contributed by atoms with Crippen LogP contribution >= 0.6 is 0 Å². The molecule has 4 heteroatoms. The Bertz CT molecular complexity index is 275. The molecule has 0 unspecified atom stereocenters. The molecule has 1 atom stereocenters. The minimum atomic E-state index is -0.326. The minimum absolute atomic E-state index is 0.256. The molecule has 0 heterocycles. The fourth-order valence-electron chi connectivity index (χ4n) is 2.41. The highest BCUT2D eigenvalue weighted by Gasteiger charge is 2.33. The number of ketones is 1. The summed E-state index contributed by atoms with van der Waals surface area (Å²) in [5, 5.41) is 0. The highest BCUT2D eigenvalue weighted by molar-refractivity contribution is 5.79. The lowest BCUT2D eigenvalue weighted by Gasteiger charge is -2.30. The molecule has 0 aliphatic heterocycles. The van der Waals surface area contributed by atoms with Gasteiger partial charge >= 0.3 is 5.97 Å². The summed E-state index contributed by atoms with van der Waals surface area (Å²) in [6.45, 7) is 1.82. The van der Waals surface area contributed by atoms with E-state index in [0.717, 1.165) is 32.1 Å². The van der Waals surface area contributed by atoms with E-state index in [1.165, 1.54) is 6.92 Å². The second-order valence-corrected chi connectivity index (χ2v) is 4.75. The summed E-state index contributed by atoms with van der Waals surface area (Å²) in [6, 6.07) is 0. The molecule has 0 aromatic heterocycles. The van der Waals surface area contributed by atoms with Gasteiger partial charge in [-0.3, -0.25) is 9.59 Å². The summed E-state index contributed by atoms with van der Waals surface area (Å²) >= 11 is 0. The van der Waals surface area contributed by atoms with Gasteiger partial charge in [-0.05, 0) is 25.7 Å². The van der Waals surface area contributed by atoms with E-state index in [1.54, 1.807) is 7.11 Å². The van der Waals surface area contributed by atoms with Crippen molar-refractivity contribution >= 4 is 11.8 Å². The number of ether oxygens (including phenoxy) is 2. The van der Waals surface area contributed by atoms with Gasteiger partial charge in [0.2, 0.25) is 0 Å². The molecule has 0 bridgehead atoms. The van der Waals surface area contributed by atoms with E-state index in [0.29, 0.717) is 19.4 Å². The molecular formula is C13H22O4. The molecule has 0 aromatic rings. The molecular weight excluding hydrogens is 220 g/mol. The lowest BCUT2D eigenvalue weighted by Crippen LogP contribution is -2.33. The van der Waals surface area contributed by atoms with Gasteiger partial charge in [-0.1, -0.05) is 6.42 Å². The summed E-state index contributed by atoms with van der Waals surface area (Å²) in [5.74, 6) is 0.0326. The van der Waals surface area contributed by atoms with E-state index in [1.807, 2.05) is 0 Å². The first-order chi connectivity index (χ1) is 8.08. The number of carbonyl (C=O) groups excluding carboxylic acids is 2. The molecule has 1 fully saturated rings. The van der Waals surface area contributed by atoms with Crippen LogP contribution in [0, 0.1) is 0 Å². The van der Waals surface area contributed by atoms with Gasteiger partial charge < -0.3 is 9.47 Å². The Morgan fingerprint density at radius 1 is 1.41 bits per heavy atom. The second-order valence-electron chi connectivity index (χ2n) is 4.75. The zero-order valence-electron chi connectivity index (χ0n) is 10.8. The first-order valence-electron chi connectivity index (χ1n) is 6.28. The highest BCUT2D eigenvalue weighted by Crippen LogP contribution is 2.32. The number of hydrogen-bond acceptors (Lipinski definition) is 4. The van der Waals surface area contributed by atoms with Crippen molar-refractivity contribution in [2.75, 3.05) is 13.7 Å². The molecule has 0 aromatic carbocycles. The zero-order chi connectivity index (χ0) is 12.7. The van der Waals surface area contributed by atoms with E-state index in [2.05, 4.69) is 0 Å². The lowest BCUT2D eigenvalue weighted by molar-refractivity contribution is -0.142. The Morgan fingerprint density at radius 2 is 2.18 bits per heavy atom. The molecule has 4 nitrogen and oxygen atoms in total. The highest BCUT2D eigenvalue weighted by atomic mass is 16.5. The molecule has 1 rings (SSSR count). The number of esters is 1. The summed E-state index contributed by atoms with van der Waals surface area (Å²) in [4.78, 5) is 22.3. The molecule has 0 radical (unpaired) electrons. The van der Waals surface area contributed by atoms with Crippen molar-refractivity contribution in [3.8, 4) is 0 Å². The molecule has 0 saturated heterocycles. The van der Waals surface area contributed by atoms with Gasteiger partial charge in [0.05, 0.1) is 12.2 Å². The Hall–Kier alpha value is -0.900. The smallest absolute Gasteiger partial charge is 0.302 e. The SMILES string of the molecule is CO[C@@]1(CCCOC(C)=O)CCCCC(=O)C1. The van der Waals surface area contributed by atoms with E-state index in [-0.39, 0.29) is 17.4 Å². The average Bonchev–Trinajstić information content (AvgIpc) is 2.47. The predicted molar refractivity (Wildman–Crippen MR) is 63.7 cm³/mol. The molecule has 17 heavy (non-hydrogen) atoms. The number of hydrogen-bond donors (Lipinski definition) is 0. The first kappa shape index (κ1) is 14.2. The fourth-order valence-corrected chi connectivity index (χ4v) is 2.41. The summed E-state index contributed by atoms with van der Waals surface area (Å²) in [5.41, 5.74) is -0.326. The van der Waals surface area contributed by atoms with Crippen LogP contribution in [0.4, 0.5) is 0 Å². The van der Waals surface area contributed by atoms with Gasteiger partial charge in [0, 0.05) is 26.9 Å². The Kier molecular flexibility index (Phi) is 5.62. The maximum absolute atomic E-state index is 11.6. The third-order valence-electron chi connectivity index (χ3n) is 3.37. The molecule has 0 amide bonds. The van der Waals surface area contributed by atoms with Crippen molar-refractivity contribution in [2.24, 2.45) is 0 Å². The normalized spacial score (nSPS) is 25.4. The zero-order valence-corrected chi connectivity index (χ0v) is 10.8. The van der Waals surface area contributed by atoms with Gasteiger partial charge in [0.1, 0.15) is 5.78 Å². The quantitative estimate of drug-likeness (QED) is 0.421. The monoisotopic (exact) mass is 242 g/mol. The fraction of sp³-hybridized carbons (Fsp3) is 0.846. The van der Waals surface area contributed by atoms with Crippen LogP contribution in [-0.4, -0.2) is 31.1 Å². The third-order valence-corrected chi connectivity index (χ3v) is 3.37. The maximum atomic E-state index is 11.6. The van der Waals surface area contributed by atoms with E-state index >= 15 is 0 Å². The molecule has 0 spiro atoms. The number of rotatable bonds is 5. The van der Waals surface area contributed by atoms with Crippen LogP contribution in [0.2, 0.25) is 0 Å². The van der Waals surface area contributed by atoms with Crippen LogP contribution in [0.25, 0.3) is 0 Å². The number of Topliss-reactive ketones (excluding diaryl/α,β-unsaturated/α-hetero) is 1. The van der Waals surface area contributed by atoms with Crippen molar-refractivity contribution < 1.29 is 19.1 Å². The summed E-state index contributed by atoms with van der Waals surface area (Å²) < 4.78 is 10.5.